The smallest absolute Gasteiger partial charge is 0.123 e. The molecule has 0 bridgehead atoms. The second-order valence-electron chi connectivity index (χ2n) is 3.59. The molecule has 0 aromatic heterocycles. The van der Waals surface area contributed by atoms with Gasteiger partial charge in [-0.2, -0.15) is 0 Å². The van der Waals surface area contributed by atoms with E-state index < -0.39 is 0 Å². The largest absolute Gasteiger partial charge is 0.493 e. The first-order valence-electron chi connectivity index (χ1n) is 4.60. The Morgan fingerprint density at radius 2 is 2.14 bits per heavy atom. The Morgan fingerprint density at radius 3 is 2.71 bits per heavy atom. The molecule has 3 heteroatoms. The van der Waals surface area contributed by atoms with Gasteiger partial charge in [0, 0.05) is 15.9 Å². The van der Waals surface area contributed by atoms with E-state index in [-0.39, 0.29) is 0 Å². The molecule has 0 fully saturated rings. The van der Waals surface area contributed by atoms with Gasteiger partial charge in [-0.15, -0.1) is 0 Å². The van der Waals surface area contributed by atoms with E-state index in [1.807, 2.05) is 18.2 Å². The fourth-order valence-electron chi connectivity index (χ4n) is 1.05. The van der Waals surface area contributed by atoms with E-state index >= 15 is 0 Å². The Hall–Kier alpha value is -0.210. The van der Waals surface area contributed by atoms with Crippen molar-refractivity contribution >= 4 is 27.5 Å². The van der Waals surface area contributed by atoms with Gasteiger partial charge in [0.15, 0.2) is 0 Å². The topological polar surface area (TPSA) is 9.23 Å². The van der Waals surface area contributed by atoms with Crippen LogP contribution in [0.2, 0.25) is 5.02 Å². The highest BCUT2D eigenvalue weighted by Gasteiger charge is 2.04. The molecule has 0 heterocycles. The SMILES string of the molecule is CC(C)COc1ccc(Cl)cc1CBr. The first-order valence-corrected chi connectivity index (χ1v) is 6.10. The minimum Gasteiger partial charge on any atom is -0.493 e. The van der Waals surface area contributed by atoms with Gasteiger partial charge >= 0.3 is 0 Å². The van der Waals surface area contributed by atoms with Crippen molar-refractivity contribution in [3.8, 4) is 5.75 Å². The second-order valence-corrected chi connectivity index (χ2v) is 4.59. The molecular formula is C11H14BrClO. The van der Waals surface area contributed by atoms with Crippen molar-refractivity contribution in [2.75, 3.05) is 6.61 Å². The van der Waals surface area contributed by atoms with Crippen LogP contribution in [0.5, 0.6) is 5.75 Å². The van der Waals surface area contributed by atoms with Gasteiger partial charge in [0.1, 0.15) is 5.75 Å². The fourth-order valence-corrected chi connectivity index (χ4v) is 1.68. The average Bonchev–Trinajstić information content (AvgIpc) is 2.15. The maximum Gasteiger partial charge on any atom is 0.123 e. The molecular weight excluding hydrogens is 263 g/mol. The van der Waals surface area contributed by atoms with Crippen molar-refractivity contribution in [1.82, 2.24) is 0 Å². The molecule has 78 valence electrons. The predicted molar refractivity (Wildman–Crippen MR) is 64.4 cm³/mol. The Labute approximate surface area is 98.5 Å². The molecule has 0 atom stereocenters. The molecule has 0 saturated carbocycles. The predicted octanol–water partition coefficient (Wildman–Crippen LogP) is 4.27. The minimum atomic E-state index is 0.536. The summed E-state index contributed by atoms with van der Waals surface area (Å²) >= 11 is 9.29. The minimum absolute atomic E-state index is 0.536. The quantitative estimate of drug-likeness (QED) is 0.747. The van der Waals surface area contributed by atoms with E-state index in [0.29, 0.717) is 5.92 Å². The van der Waals surface area contributed by atoms with Crippen LogP contribution in [0.4, 0.5) is 0 Å². The number of rotatable bonds is 4. The van der Waals surface area contributed by atoms with Gasteiger partial charge in [0.2, 0.25) is 0 Å². The van der Waals surface area contributed by atoms with Crippen LogP contribution in [0.1, 0.15) is 19.4 Å². The zero-order valence-electron chi connectivity index (χ0n) is 8.39. The molecule has 1 aromatic rings. The first kappa shape index (κ1) is 11.9. The fraction of sp³-hybridized carbons (Fsp3) is 0.455. The zero-order valence-corrected chi connectivity index (χ0v) is 10.7. The van der Waals surface area contributed by atoms with E-state index in [1.54, 1.807) is 0 Å². The number of hydrogen-bond acceptors (Lipinski definition) is 1. The summed E-state index contributed by atoms with van der Waals surface area (Å²) in [6.45, 7) is 5.00. The number of halogens is 2. The molecule has 0 aliphatic rings. The van der Waals surface area contributed by atoms with Crippen molar-refractivity contribution in [1.29, 1.82) is 0 Å². The highest BCUT2D eigenvalue weighted by Crippen LogP contribution is 2.25. The van der Waals surface area contributed by atoms with E-state index in [9.17, 15) is 0 Å². The normalized spacial score (nSPS) is 10.6. The summed E-state index contributed by atoms with van der Waals surface area (Å²) in [5.74, 6) is 1.45. The maximum absolute atomic E-state index is 5.88. The molecule has 0 aliphatic carbocycles. The summed E-state index contributed by atoms with van der Waals surface area (Å²) in [4.78, 5) is 0. The van der Waals surface area contributed by atoms with Crippen molar-refractivity contribution in [2.45, 2.75) is 19.2 Å². The summed E-state index contributed by atoms with van der Waals surface area (Å²) in [5.41, 5.74) is 1.10. The van der Waals surface area contributed by atoms with Gasteiger partial charge in [0.25, 0.3) is 0 Å². The van der Waals surface area contributed by atoms with Gasteiger partial charge in [-0.25, -0.2) is 0 Å². The third-order valence-corrected chi connectivity index (χ3v) is 2.58. The number of hydrogen-bond donors (Lipinski definition) is 0. The molecule has 1 rings (SSSR count). The van der Waals surface area contributed by atoms with Crippen LogP contribution >= 0.6 is 27.5 Å². The maximum atomic E-state index is 5.88. The third-order valence-electron chi connectivity index (χ3n) is 1.74. The third kappa shape index (κ3) is 3.50. The number of alkyl halides is 1. The highest BCUT2D eigenvalue weighted by molar-refractivity contribution is 9.08. The van der Waals surface area contributed by atoms with Crippen LogP contribution in [-0.4, -0.2) is 6.61 Å². The van der Waals surface area contributed by atoms with E-state index in [0.717, 1.165) is 28.3 Å². The van der Waals surface area contributed by atoms with E-state index in [2.05, 4.69) is 29.8 Å². The van der Waals surface area contributed by atoms with Crippen molar-refractivity contribution < 1.29 is 4.74 Å². The van der Waals surface area contributed by atoms with Gasteiger partial charge in [-0.05, 0) is 24.1 Å². The van der Waals surface area contributed by atoms with Crippen molar-refractivity contribution in [3.63, 3.8) is 0 Å². The lowest BCUT2D eigenvalue weighted by Gasteiger charge is -2.11. The van der Waals surface area contributed by atoms with Crippen LogP contribution in [0.25, 0.3) is 0 Å². The van der Waals surface area contributed by atoms with Crippen LogP contribution in [0, 0.1) is 5.92 Å². The average molecular weight is 278 g/mol. The number of benzene rings is 1. The molecule has 0 aliphatic heterocycles. The Balaban J connectivity index is 2.75. The lowest BCUT2D eigenvalue weighted by atomic mass is 10.2. The molecule has 0 saturated heterocycles. The van der Waals surface area contributed by atoms with Gasteiger partial charge in [0.05, 0.1) is 6.61 Å². The molecule has 0 unspecified atom stereocenters. The van der Waals surface area contributed by atoms with Gasteiger partial charge in [-0.1, -0.05) is 41.4 Å². The molecule has 14 heavy (non-hydrogen) atoms. The van der Waals surface area contributed by atoms with Crippen LogP contribution in [0.15, 0.2) is 18.2 Å². The van der Waals surface area contributed by atoms with Crippen molar-refractivity contribution in [2.24, 2.45) is 5.92 Å². The molecule has 0 amide bonds. The van der Waals surface area contributed by atoms with Crippen LogP contribution in [0.3, 0.4) is 0 Å². The Morgan fingerprint density at radius 1 is 1.43 bits per heavy atom. The first-order chi connectivity index (χ1) is 6.63. The van der Waals surface area contributed by atoms with E-state index in [1.165, 1.54) is 0 Å². The molecule has 1 aromatic carbocycles. The number of ether oxygens (including phenoxy) is 1. The lowest BCUT2D eigenvalue weighted by Crippen LogP contribution is -2.05. The standard InChI is InChI=1S/C11H14BrClO/c1-8(2)7-14-11-4-3-10(13)5-9(11)6-12/h3-5,8H,6-7H2,1-2H3. The van der Waals surface area contributed by atoms with Crippen LogP contribution < -0.4 is 4.74 Å². The summed E-state index contributed by atoms with van der Waals surface area (Å²) < 4.78 is 5.66. The Kier molecular flexibility index (Phi) is 4.76. The van der Waals surface area contributed by atoms with Crippen LogP contribution in [-0.2, 0) is 5.33 Å². The zero-order chi connectivity index (χ0) is 10.6. The van der Waals surface area contributed by atoms with Crippen molar-refractivity contribution in [3.05, 3.63) is 28.8 Å². The summed E-state index contributed by atoms with van der Waals surface area (Å²) in [5, 5.41) is 1.51. The second kappa shape index (κ2) is 5.62. The molecule has 0 spiro atoms. The molecule has 1 nitrogen and oxygen atoms in total. The highest BCUT2D eigenvalue weighted by atomic mass is 79.9. The van der Waals surface area contributed by atoms with Gasteiger partial charge < -0.3 is 4.74 Å². The summed E-state index contributed by atoms with van der Waals surface area (Å²) in [7, 11) is 0. The summed E-state index contributed by atoms with van der Waals surface area (Å²) in [6, 6.07) is 5.69. The molecule has 0 radical (unpaired) electrons. The van der Waals surface area contributed by atoms with Gasteiger partial charge in [-0.3, -0.25) is 0 Å². The lowest BCUT2D eigenvalue weighted by molar-refractivity contribution is 0.269. The molecule has 0 N–H and O–H groups in total. The Bertz CT molecular complexity index is 299. The monoisotopic (exact) mass is 276 g/mol. The van der Waals surface area contributed by atoms with E-state index in [4.69, 9.17) is 16.3 Å². The summed E-state index contributed by atoms with van der Waals surface area (Å²) in [6.07, 6.45) is 0.